The highest BCUT2D eigenvalue weighted by atomic mass is 15.3. The van der Waals surface area contributed by atoms with E-state index in [4.69, 9.17) is 0 Å². The van der Waals surface area contributed by atoms with Crippen molar-refractivity contribution < 1.29 is 0 Å². The highest BCUT2D eigenvalue weighted by Gasteiger charge is 2.15. The van der Waals surface area contributed by atoms with Crippen LogP contribution in [0.1, 0.15) is 18.9 Å². The molecular weight excluding hydrogens is 234 g/mol. The maximum atomic E-state index is 4.49. The minimum Gasteiger partial charge on any atom is -0.316 e. The van der Waals surface area contributed by atoms with E-state index >= 15 is 0 Å². The first-order valence-electron chi connectivity index (χ1n) is 7.17. The SMILES string of the molecule is CCc1ccc(-c2cnn(CC3CCNC3)c2)cc1. The van der Waals surface area contributed by atoms with Crippen LogP contribution in [0.3, 0.4) is 0 Å². The van der Waals surface area contributed by atoms with E-state index in [-0.39, 0.29) is 0 Å². The van der Waals surface area contributed by atoms with Gasteiger partial charge in [-0.25, -0.2) is 0 Å². The van der Waals surface area contributed by atoms with Crippen LogP contribution in [0.5, 0.6) is 0 Å². The fraction of sp³-hybridized carbons (Fsp3) is 0.438. The van der Waals surface area contributed by atoms with Gasteiger partial charge in [0, 0.05) is 18.3 Å². The summed E-state index contributed by atoms with van der Waals surface area (Å²) in [5, 5.41) is 7.89. The lowest BCUT2D eigenvalue weighted by atomic mass is 10.1. The quantitative estimate of drug-likeness (QED) is 0.910. The first kappa shape index (κ1) is 12.4. The Bertz CT molecular complexity index is 521. The minimum atomic E-state index is 0.732. The van der Waals surface area contributed by atoms with Crippen molar-refractivity contribution in [2.24, 2.45) is 5.92 Å². The van der Waals surface area contributed by atoms with Gasteiger partial charge in [0.15, 0.2) is 0 Å². The van der Waals surface area contributed by atoms with E-state index < -0.39 is 0 Å². The molecule has 0 saturated carbocycles. The number of nitrogens with zero attached hydrogens (tertiary/aromatic N) is 2. The minimum absolute atomic E-state index is 0.732. The molecule has 1 saturated heterocycles. The van der Waals surface area contributed by atoms with Gasteiger partial charge in [0.1, 0.15) is 0 Å². The topological polar surface area (TPSA) is 29.9 Å². The summed E-state index contributed by atoms with van der Waals surface area (Å²) in [6.45, 7) is 5.49. The summed E-state index contributed by atoms with van der Waals surface area (Å²) in [4.78, 5) is 0. The van der Waals surface area contributed by atoms with Crippen LogP contribution < -0.4 is 5.32 Å². The summed E-state index contributed by atoms with van der Waals surface area (Å²) < 4.78 is 2.08. The molecule has 1 fully saturated rings. The average molecular weight is 255 g/mol. The van der Waals surface area contributed by atoms with Gasteiger partial charge in [0.05, 0.1) is 6.20 Å². The van der Waals surface area contributed by atoms with Gasteiger partial charge in [0.25, 0.3) is 0 Å². The van der Waals surface area contributed by atoms with E-state index in [0.717, 1.165) is 32.0 Å². The molecule has 19 heavy (non-hydrogen) atoms. The first-order chi connectivity index (χ1) is 9.35. The zero-order valence-electron chi connectivity index (χ0n) is 11.5. The fourth-order valence-electron chi connectivity index (χ4n) is 2.68. The summed E-state index contributed by atoms with van der Waals surface area (Å²) in [7, 11) is 0. The predicted octanol–water partition coefficient (Wildman–Crippen LogP) is 2.72. The van der Waals surface area contributed by atoms with Crippen LogP contribution in [-0.4, -0.2) is 22.9 Å². The smallest absolute Gasteiger partial charge is 0.0568 e. The third kappa shape index (κ3) is 2.87. The molecule has 100 valence electrons. The number of hydrogen-bond acceptors (Lipinski definition) is 2. The van der Waals surface area contributed by atoms with Crippen LogP contribution >= 0.6 is 0 Å². The molecule has 1 aliphatic heterocycles. The van der Waals surface area contributed by atoms with Gasteiger partial charge in [-0.3, -0.25) is 4.68 Å². The molecule has 0 amide bonds. The summed E-state index contributed by atoms with van der Waals surface area (Å²) in [6.07, 6.45) is 6.50. The Balaban J connectivity index is 1.72. The van der Waals surface area contributed by atoms with E-state index in [1.54, 1.807) is 0 Å². The second-order valence-corrected chi connectivity index (χ2v) is 5.36. The van der Waals surface area contributed by atoms with Crippen molar-refractivity contribution >= 4 is 0 Å². The molecule has 2 aromatic rings. The van der Waals surface area contributed by atoms with Gasteiger partial charge in [0.2, 0.25) is 0 Å². The molecule has 0 radical (unpaired) electrons. The molecule has 1 atom stereocenters. The number of benzene rings is 1. The number of aryl methyl sites for hydroxylation is 1. The van der Waals surface area contributed by atoms with Crippen LogP contribution in [-0.2, 0) is 13.0 Å². The molecule has 1 unspecified atom stereocenters. The predicted molar refractivity (Wildman–Crippen MR) is 78.0 cm³/mol. The third-order valence-corrected chi connectivity index (χ3v) is 3.94. The lowest BCUT2D eigenvalue weighted by Gasteiger charge is -2.07. The monoisotopic (exact) mass is 255 g/mol. The second-order valence-electron chi connectivity index (χ2n) is 5.36. The van der Waals surface area contributed by atoms with E-state index in [1.807, 2.05) is 6.20 Å². The Morgan fingerprint density at radius 3 is 2.79 bits per heavy atom. The Hall–Kier alpha value is -1.61. The number of hydrogen-bond donors (Lipinski definition) is 1. The molecular formula is C16H21N3. The Morgan fingerprint density at radius 1 is 1.26 bits per heavy atom. The van der Waals surface area contributed by atoms with Crippen LogP contribution in [0.2, 0.25) is 0 Å². The van der Waals surface area contributed by atoms with Crippen molar-refractivity contribution in [3.8, 4) is 11.1 Å². The van der Waals surface area contributed by atoms with Crippen LogP contribution in [0.15, 0.2) is 36.7 Å². The zero-order valence-corrected chi connectivity index (χ0v) is 11.5. The molecule has 1 aromatic carbocycles. The fourth-order valence-corrected chi connectivity index (χ4v) is 2.68. The molecule has 2 heterocycles. The zero-order chi connectivity index (χ0) is 13.1. The van der Waals surface area contributed by atoms with Crippen LogP contribution in [0.4, 0.5) is 0 Å². The van der Waals surface area contributed by atoms with Gasteiger partial charge >= 0.3 is 0 Å². The summed E-state index contributed by atoms with van der Waals surface area (Å²) in [5.41, 5.74) is 3.86. The van der Waals surface area contributed by atoms with E-state index in [9.17, 15) is 0 Å². The molecule has 1 aliphatic rings. The maximum absolute atomic E-state index is 4.49. The van der Waals surface area contributed by atoms with E-state index in [0.29, 0.717) is 0 Å². The van der Waals surface area contributed by atoms with Crippen molar-refractivity contribution in [2.75, 3.05) is 13.1 Å². The van der Waals surface area contributed by atoms with Crippen LogP contribution in [0, 0.1) is 5.92 Å². The number of nitrogens with one attached hydrogen (secondary N) is 1. The summed E-state index contributed by atoms with van der Waals surface area (Å²) in [6, 6.07) is 8.79. The summed E-state index contributed by atoms with van der Waals surface area (Å²) >= 11 is 0. The molecule has 3 rings (SSSR count). The maximum Gasteiger partial charge on any atom is 0.0568 e. The number of aromatic nitrogens is 2. The van der Waals surface area contributed by atoms with Crippen molar-refractivity contribution in [3.63, 3.8) is 0 Å². The normalized spacial score (nSPS) is 18.9. The lowest BCUT2D eigenvalue weighted by molar-refractivity contribution is 0.449. The van der Waals surface area contributed by atoms with Gasteiger partial charge in [-0.05, 0) is 43.0 Å². The Kier molecular flexibility index (Phi) is 3.65. The van der Waals surface area contributed by atoms with Gasteiger partial charge in [-0.1, -0.05) is 31.2 Å². The largest absolute Gasteiger partial charge is 0.316 e. The average Bonchev–Trinajstić information content (AvgIpc) is 3.11. The molecule has 0 aliphatic carbocycles. The van der Waals surface area contributed by atoms with E-state index in [2.05, 4.69) is 52.5 Å². The highest BCUT2D eigenvalue weighted by molar-refractivity contribution is 5.61. The number of rotatable bonds is 4. The highest BCUT2D eigenvalue weighted by Crippen LogP contribution is 2.20. The Morgan fingerprint density at radius 2 is 2.11 bits per heavy atom. The molecule has 0 bridgehead atoms. The van der Waals surface area contributed by atoms with Crippen molar-refractivity contribution in [1.29, 1.82) is 0 Å². The summed E-state index contributed by atoms with van der Waals surface area (Å²) in [5.74, 6) is 0.732. The van der Waals surface area contributed by atoms with Gasteiger partial charge in [-0.2, -0.15) is 5.10 Å². The Labute approximate surface area is 114 Å². The third-order valence-electron chi connectivity index (χ3n) is 3.94. The van der Waals surface area contributed by atoms with Crippen molar-refractivity contribution in [3.05, 3.63) is 42.2 Å². The van der Waals surface area contributed by atoms with Crippen LogP contribution in [0.25, 0.3) is 11.1 Å². The van der Waals surface area contributed by atoms with Gasteiger partial charge in [-0.15, -0.1) is 0 Å². The molecule has 1 aromatic heterocycles. The standard InChI is InChI=1S/C16H21N3/c1-2-13-3-5-15(6-4-13)16-10-18-19(12-16)11-14-7-8-17-9-14/h3-6,10,12,14,17H,2,7-9,11H2,1H3. The van der Waals surface area contributed by atoms with Gasteiger partial charge < -0.3 is 5.32 Å². The molecule has 1 N–H and O–H groups in total. The second kappa shape index (κ2) is 5.57. The first-order valence-corrected chi connectivity index (χ1v) is 7.17. The van der Waals surface area contributed by atoms with Crippen molar-refractivity contribution in [2.45, 2.75) is 26.3 Å². The molecule has 3 nitrogen and oxygen atoms in total. The van der Waals surface area contributed by atoms with Crippen molar-refractivity contribution in [1.82, 2.24) is 15.1 Å². The molecule has 3 heteroatoms. The molecule has 0 spiro atoms. The van der Waals surface area contributed by atoms with E-state index in [1.165, 1.54) is 23.1 Å². The lowest BCUT2D eigenvalue weighted by Crippen LogP contribution is -2.14.